The Morgan fingerprint density at radius 3 is 2.76 bits per heavy atom. The van der Waals surface area contributed by atoms with Crippen LogP contribution in [0.3, 0.4) is 0 Å². The monoisotopic (exact) mass is 369 g/mol. The maximum atomic E-state index is 10.1. The third kappa shape index (κ3) is 3.90. The Labute approximate surface area is 156 Å². The Morgan fingerprint density at radius 1 is 1.12 bits per heavy atom. The Balaban J connectivity index is 1.74. The van der Waals surface area contributed by atoms with Gasteiger partial charge in [0.25, 0.3) is 0 Å². The van der Waals surface area contributed by atoms with E-state index in [1.165, 1.54) is 0 Å². The first-order valence-corrected chi connectivity index (χ1v) is 8.41. The van der Waals surface area contributed by atoms with Gasteiger partial charge < -0.3 is 10.4 Å². The lowest BCUT2D eigenvalue weighted by Crippen LogP contribution is -2.24. The number of nitrogens with one attached hydrogen (secondary N) is 2. The second-order valence-corrected chi connectivity index (χ2v) is 6.27. The third-order valence-corrected chi connectivity index (χ3v) is 4.43. The molecule has 0 aromatic heterocycles. The minimum Gasteiger partial charge on any atom is -0.507 e. The fourth-order valence-electron chi connectivity index (χ4n) is 2.47. The van der Waals surface area contributed by atoms with E-state index in [0.29, 0.717) is 15.7 Å². The van der Waals surface area contributed by atoms with Crippen LogP contribution in [-0.2, 0) is 0 Å². The van der Waals surface area contributed by atoms with Crippen LogP contribution < -0.4 is 10.7 Å². The number of hydrogen-bond donors (Lipinski definition) is 3. The van der Waals surface area contributed by atoms with Gasteiger partial charge in [-0.1, -0.05) is 48.0 Å². The molecule has 0 heterocycles. The summed E-state index contributed by atoms with van der Waals surface area (Å²) in [5.41, 5.74) is 5.11. The highest BCUT2D eigenvalue weighted by Gasteiger charge is 2.05. The molecule has 0 aliphatic rings. The number of fused-ring (bicyclic) bond motifs is 1. The van der Waals surface area contributed by atoms with Gasteiger partial charge in [0.15, 0.2) is 5.11 Å². The van der Waals surface area contributed by atoms with Crippen molar-refractivity contribution in [3.8, 4) is 5.75 Å². The summed E-state index contributed by atoms with van der Waals surface area (Å²) in [6.07, 6.45) is 1.55. The van der Waals surface area contributed by atoms with Crippen LogP contribution in [-0.4, -0.2) is 16.4 Å². The molecule has 4 nitrogen and oxygen atoms in total. The van der Waals surface area contributed by atoms with Gasteiger partial charge >= 0.3 is 0 Å². The van der Waals surface area contributed by atoms with Crippen LogP contribution in [0, 0.1) is 6.92 Å². The smallest absolute Gasteiger partial charge is 0.191 e. The lowest BCUT2D eigenvalue weighted by Gasteiger charge is -2.11. The number of thiocarbonyl (C=S) groups is 1. The van der Waals surface area contributed by atoms with Gasteiger partial charge in [0, 0.05) is 16.3 Å². The molecule has 0 spiro atoms. The van der Waals surface area contributed by atoms with Crippen molar-refractivity contribution in [3.63, 3.8) is 0 Å². The van der Waals surface area contributed by atoms with E-state index in [1.54, 1.807) is 12.3 Å². The average molecular weight is 370 g/mol. The van der Waals surface area contributed by atoms with Gasteiger partial charge in [-0.3, -0.25) is 5.43 Å². The van der Waals surface area contributed by atoms with Crippen molar-refractivity contribution in [1.29, 1.82) is 0 Å². The van der Waals surface area contributed by atoms with Crippen LogP contribution in [0.5, 0.6) is 5.75 Å². The molecular formula is C19H16ClN3OS. The van der Waals surface area contributed by atoms with E-state index in [-0.39, 0.29) is 5.75 Å². The molecule has 3 rings (SSSR count). The molecule has 0 atom stereocenters. The highest BCUT2D eigenvalue weighted by atomic mass is 35.5. The minimum absolute atomic E-state index is 0.161. The molecule has 0 aliphatic carbocycles. The van der Waals surface area contributed by atoms with Crippen molar-refractivity contribution in [1.82, 2.24) is 5.43 Å². The van der Waals surface area contributed by atoms with Gasteiger partial charge in [-0.2, -0.15) is 5.10 Å². The molecule has 0 saturated heterocycles. The topological polar surface area (TPSA) is 56.7 Å². The lowest BCUT2D eigenvalue weighted by atomic mass is 10.0. The number of nitrogens with zero attached hydrogens (tertiary/aromatic N) is 1. The van der Waals surface area contributed by atoms with Crippen molar-refractivity contribution in [2.45, 2.75) is 6.92 Å². The Morgan fingerprint density at radius 2 is 1.92 bits per heavy atom. The largest absolute Gasteiger partial charge is 0.507 e. The van der Waals surface area contributed by atoms with E-state index in [2.05, 4.69) is 15.8 Å². The van der Waals surface area contributed by atoms with Gasteiger partial charge in [-0.25, -0.2) is 0 Å². The van der Waals surface area contributed by atoms with Crippen LogP contribution in [0.4, 0.5) is 5.69 Å². The van der Waals surface area contributed by atoms with Gasteiger partial charge in [-0.05, 0) is 53.7 Å². The number of phenolic OH excluding ortho intramolecular Hbond substituents is 1. The number of benzene rings is 3. The SMILES string of the molecule is Cc1c(Cl)cccc1NC(=S)N/N=C/c1c(O)ccc2ccccc12. The summed E-state index contributed by atoms with van der Waals surface area (Å²) < 4.78 is 0. The molecule has 3 aromatic rings. The van der Waals surface area contributed by atoms with Gasteiger partial charge in [0.05, 0.1) is 6.21 Å². The summed E-state index contributed by atoms with van der Waals surface area (Å²) in [7, 11) is 0. The number of aromatic hydroxyl groups is 1. The zero-order chi connectivity index (χ0) is 17.8. The van der Waals surface area contributed by atoms with Crippen molar-refractivity contribution in [3.05, 3.63) is 70.7 Å². The predicted molar refractivity (Wildman–Crippen MR) is 109 cm³/mol. The van der Waals surface area contributed by atoms with Crippen LogP contribution in [0.25, 0.3) is 10.8 Å². The van der Waals surface area contributed by atoms with Gasteiger partial charge in [0.2, 0.25) is 0 Å². The molecule has 0 unspecified atom stereocenters. The molecule has 6 heteroatoms. The Hall–Kier alpha value is -2.63. The first kappa shape index (κ1) is 17.2. The molecule has 0 fully saturated rings. The van der Waals surface area contributed by atoms with Crippen molar-refractivity contribution in [2.75, 3.05) is 5.32 Å². The normalized spacial score (nSPS) is 11.0. The fraction of sp³-hybridized carbons (Fsp3) is 0.0526. The van der Waals surface area contributed by atoms with E-state index in [9.17, 15) is 5.11 Å². The number of hydrogen-bond acceptors (Lipinski definition) is 3. The molecule has 0 radical (unpaired) electrons. The fourth-order valence-corrected chi connectivity index (χ4v) is 2.81. The molecule has 0 bridgehead atoms. The van der Waals surface area contributed by atoms with Gasteiger partial charge in [0.1, 0.15) is 5.75 Å². The summed E-state index contributed by atoms with van der Waals surface area (Å²) in [5.74, 6) is 0.161. The Bertz CT molecular complexity index is 972. The number of phenols is 1. The van der Waals surface area contributed by atoms with Crippen LogP contribution >= 0.6 is 23.8 Å². The number of hydrazone groups is 1. The molecular weight excluding hydrogens is 354 g/mol. The van der Waals surface area contributed by atoms with Gasteiger partial charge in [-0.15, -0.1) is 0 Å². The van der Waals surface area contributed by atoms with Crippen molar-refractivity contribution < 1.29 is 5.11 Å². The highest BCUT2D eigenvalue weighted by molar-refractivity contribution is 7.80. The third-order valence-electron chi connectivity index (χ3n) is 3.82. The van der Waals surface area contributed by atoms with E-state index in [0.717, 1.165) is 22.0 Å². The average Bonchev–Trinajstić information content (AvgIpc) is 2.61. The summed E-state index contributed by atoms with van der Waals surface area (Å²) in [5, 5.41) is 20.2. The zero-order valence-corrected chi connectivity index (χ0v) is 15.0. The zero-order valence-electron chi connectivity index (χ0n) is 13.5. The highest BCUT2D eigenvalue weighted by Crippen LogP contribution is 2.25. The second kappa shape index (κ2) is 7.51. The molecule has 0 amide bonds. The molecule has 0 aliphatic heterocycles. The lowest BCUT2D eigenvalue weighted by molar-refractivity contribution is 0.475. The first-order valence-electron chi connectivity index (χ1n) is 7.62. The van der Waals surface area contributed by atoms with E-state index in [1.807, 2.05) is 55.5 Å². The summed E-state index contributed by atoms with van der Waals surface area (Å²) in [6.45, 7) is 1.91. The molecule has 3 N–H and O–H groups in total. The second-order valence-electron chi connectivity index (χ2n) is 5.46. The van der Waals surface area contributed by atoms with E-state index in [4.69, 9.17) is 23.8 Å². The van der Waals surface area contributed by atoms with Crippen LogP contribution in [0.15, 0.2) is 59.7 Å². The Kier molecular flexibility index (Phi) is 5.16. The summed E-state index contributed by atoms with van der Waals surface area (Å²) in [4.78, 5) is 0. The van der Waals surface area contributed by atoms with Crippen molar-refractivity contribution in [2.24, 2.45) is 5.10 Å². The van der Waals surface area contributed by atoms with Crippen molar-refractivity contribution >= 4 is 51.6 Å². The first-order chi connectivity index (χ1) is 12.1. The molecule has 126 valence electrons. The molecule has 3 aromatic carbocycles. The summed E-state index contributed by atoms with van der Waals surface area (Å²) >= 11 is 11.3. The number of rotatable bonds is 3. The quantitative estimate of drug-likeness (QED) is 0.351. The summed E-state index contributed by atoms with van der Waals surface area (Å²) in [6, 6.07) is 16.8. The number of anilines is 1. The maximum Gasteiger partial charge on any atom is 0.191 e. The van der Waals surface area contributed by atoms with Crippen LogP contribution in [0.1, 0.15) is 11.1 Å². The van der Waals surface area contributed by atoms with E-state index >= 15 is 0 Å². The van der Waals surface area contributed by atoms with E-state index < -0.39 is 0 Å². The minimum atomic E-state index is 0.161. The predicted octanol–water partition coefficient (Wildman–Crippen LogP) is 4.83. The number of halogens is 1. The van der Waals surface area contributed by atoms with Crippen LogP contribution in [0.2, 0.25) is 5.02 Å². The standard InChI is InChI=1S/C19H16ClN3OS/c1-12-16(20)7-4-8-17(12)22-19(25)23-21-11-15-14-6-3-2-5-13(14)9-10-18(15)24/h2-11,24H,1H3,(H2,22,23,25)/b21-11+. The maximum absolute atomic E-state index is 10.1. The molecule has 0 saturated carbocycles. The molecule has 25 heavy (non-hydrogen) atoms.